The van der Waals surface area contributed by atoms with Gasteiger partial charge >= 0.3 is 0 Å². The summed E-state index contributed by atoms with van der Waals surface area (Å²) < 4.78 is 27.7. The number of hydrogen-bond acceptors (Lipinski definition) is 3. The van der Waals surface area contributed by atoms with Crippen molar-refractivity contribution < 1.29 is 8.42 Å². The summed E-state index contributed by atoms with van der Waals surface area (Å²) in [4.78, 5) is 0. The summed E-state index contributed by atoms with van der Waals surface area (Å²) >= 11 is 0. The van der Waals surface area contributed by atoms with Crippen LogP contribution in [0.3, 0.4) is 0 Å². The summed E-state index contributed by atoms with van der Waals surface area (Å²) in [7, 11) is -3.34. The van der Waals surface area contributed by atoms with Crippen LogP contribution in [0.5, 0.6) is 0 Å². The van der Waals surface area contributed by atoms with E-state index < -0.39 is 15.3 Å². The second-order valence-electron chi connectivity index (χ2n) is 5.81. The zero-order valence-electron chi connectivity index (χ0n) is 13.0. The van der Waals surface area contributed by atoms with E-state index in [-0.39, 0.29) is 0 Å². The van der Waals surface area contributed by atoms with Crippen LogP contribution in [0.2, 0.25) is 0 Å². The minimum absolute atomic E-state index is 0.441. The van der Waals surface area contributed by atoms with Crippen molar-refractivity contribution in [3.8, 4) is 0 Å². The van der Waals surface area contributed by atoms with E-state index in [9.17, 15) is 8.42 Å². The molecule has 2 rings (SSSR count). The molecule has 1 atom stereocenters. The molecule has 1 aromatic rings. The van der Waals surface area contributed by atoms with Crippen LogP contribution in [-0.2, 0) is 22.9 Å². The molecule has 4 nitrogen and oxygen atoms in total. The van der Waals surface area contributed by atoms with E-state index in [0.29, 0.717) is 6.54 Å². The lowest BCUT2D eigenvalue weighted by molar-refractivity contribution is 0.575. The first kappa shape index (κ1) is 16.3. The van der Waals surface area contributed by atoms with Gasteiger partial charge in [0.25, 0.3) is 0 Å². The number of fused-ring (bicyclic) bond motifs is 1. The van der Waals surface area contributed by atoms with Gasteiger partial charge in [-0.05, 0) is 62.8 Å². The van der Waals surface area contributed by atoms with Gasteiger partial charge in [-0.15, -0.1) is 0 Å². The average Bonchev–Trinajstić information content (AvgIpc) is 2.47. The van der Waals surface area contributed by atoms with Gasteiger partial charge in [-0.2, -0.15) is 0 Å². The van der Waals surface area contributed by atoms with Gasteiger partial charge in [-0.25, -0.2) is 8.42 Å². The first-order chi connectivity index (χ1) is 10.0. The molecule has 1 aliphatic carbocycles. The summed E-state index contributed by atoms with van der Waals surface area (Å²) in [5, 5.41) is 2.73. The Bertz CT molecular complexity index is 570. The predicted molar refractivity (Wildman–Crippen MR) is 88.2 cm³/mol. The lowest BCUT2D eigenvalue weighted by atomic mass is 9.91. The van der Waals surface area contributed by atoms with E-state index in [4.69, 9.17) is 0 Å². The molecule has 0 radical (unpaired) electrons. The Morgan fingerprint density at radius 1 is 1.24 bits per heavy atom. The molecule has 1 aromatic carbocycles. The Balaban J connectivity index is 2.10. The number of nitrogens with one attached hydrogen (secondary N) is 2. The van der Waals surface area contributed by atoms with Crippen molar-refractivity contribution in [1.82, 2.24) is 5.32 Å². The van der Waals surface area contributed by atoms with E-state index >= 15 is 0 Å². The molecule has 0 aromatic heterocycles. The molecule has 0 spiro atoms. The third-order valence-electron chi connectivity index (χ3n) is 4.04. The van der Waals surface area contributed by atoms with Crippen molar-refractivity contribution in [2.24, 2.45) is 0 Å². The Morgan fingerprint density at radius 3 is 2.76 bits per heavy atom. The first-order valence-electron chi connectivity index (χ1n) is 7.87. The maximum Gasteiger partial charge on any atom is 0.236 e. The number of sulfonamides is 1. The first-order valence-corrected chi connectivity index (χ1v) is 9.42. The Kier molecular flexibility index (Phi) is 5.65. The fourth-order valence-corrected chi connectivity index (χ4v) is 3.76. The zero-order chi connectivity index (χ0) is 15.3. The Hall–Kier alpha value is -1.07. The highest BCUT2D eigenvalue weighted by Gasteiger charge is 2.22. The van der Waals surface area contributed by atoms with Crippen molar-refractivity contribution >= 4 is 15.7 Å². The topological polar surface area (TPSA) is 58.2 Å². The lowest BCUT2D eigenvalue weighted by Gasteiger charge is -2.22. The molecule has 0 aliphatic heterocycles. The van der Waals surface area contributed by atoms with Crippen molar-refractivity contribution in [2.45, 2.75) is 51.2 Å². The third kappa shape index (κ3) is 4.20. The monoisotopic (exact) mass is 310 g/mol. The van der Waals surface area contributed by atoms with Gasteiger partial charge in [0, 0.05) is 6.54 Å². The number of hydrogen-bond donors (Lipinski definition) is 2. The van der Waals surface area contributed by atoms with Crippen LogP contribution in [0.4, 0.5) is 5.69 Å². The molecule has 0 saturated carbocycles. The average molecular weight is 310 g/mol. The Labute approximate surface area is 128 Å². The predicted octanol–water partition coefficient (Wildman–Crippen LogP) is 2.70. The maximum absolute atomic E-state index is 12.4. The molecule has 0 fully saturated rings. The summed E-state index contributed by atoms with van der Waals surface area (Å²) in [5.74, 6) is 0. The molecular weight excluding hydrogens is 284 g/mol. The van der Waals surface area contributed by atoms with Gasteiger partial charge in [0.05, 0.1) is 10.9 Å². The molecule has 118 valence electrons. The fourth-order valence-electron chi connectivity index (χ4n) is 2.72. The number of anilines is 1. The van der Waals surface area contributed by atoms with Crippen LogP contribution in [0.25, 0.3) is 0 Å². The van der Waals surface area contributed by atoms with Gasteiger partial charge in [0.1, 0.15) is 0 Å². The van der Waals surface area contributed by atoms with Crippen LogP contribution < -0.4 is 10.0 Å². The summed E-state index contributed by atoms with van der Waals surface area (Å²) in [5.41, 5.74) is 3.24. The normalized spacial score (nSPS) is 16.3. The van der Waals surface area contributed by atoms with E-state index in [2.05, 4.69) is 23.0 Å². The molecule has 0 bridgehead atoms. The molecule has 1 unspecified atom stereocenters. The summed E-state index contributed by atoms with van der Waals surface area (Å²) in [6.07, 6.45) is 5.36. The Morgan fingerprint density at radius 2 is 2.00 bits per heavy atom. The summed E-state index contributed by atoms with van der Waals surface area (Å²) in [6, 6.07) is 5.94. The molecule has 0 saturated heterocycles. The smallest absolute Gasteiger partial charge is 0.236 e. The fraction of sp³-hybridized carbons (Fsp3) is 0.625. The minimum atomic E-state index is -3.34. The number of rotatable bonds is 7. The van der Waals surface area contributed by atoms with Gasteiger partial charge in [0.15, 0.2) is 0 Å². The van der Waals surface area contributed by atoms with Crippen molar-refractivity contribution in [2.75, 3.05) is 17.8 Å². The summed E-state index contributed by atoms with van der Waals surface area (Å²) in [6.45, 7) is 5.15. The van der Waals surface area contributed by atoms with Crippen LogP contribution in [0.1, 0.15) is 44.2 Å². The van der Waals surface area contributed by atoms with E-state index in [1.54, 1.807) is 6.92 Å². The minimum Gasteiger partial charge on any atom is -0.315 e. The van der Waals surface area contributed by atoms with Crippen LogP contribution in [0.15, 0.2) is 18.2 Å². The molecule has 5 heteroatoms. The van der Waals surface area contributed by atoms with Crippen LogP contribution in [-0.4, -0.2) is 26.8 Å². The highest BCUT2D eigenvalue weighted by molar-refractivity contribution is 7.93. The quantitative estimate of drug-likeness (QED) is 0.761. The van der Waals surface area contributed by atoms with Crippen LogP contribution >= 0.6 is 0 Å². The molecule has 0 amide bonds. The zero-order valence-corrected chi connectivity index (χ0v) is 13.8. The maximum atomic E-state index is 12.4. The van der Waals surface area contributed by atoms with Gasteiger partial charge in [0.2, 0.25) is 10.0 Å². The van der Waals surface area contributed by atoms with Crippen molar-refractivity contribution in [1.29, 1.82) is 0 Å². The largest absolute Gasteiger partial charge is 0.315 e. The van der Waals surface area contributed by atoms with Crippen molar-refractivity contribution in [3.63, 3.8) is 0 Å². The third-order valence-corrected chi connectivity index (χ3v) is 5.77. The van der Waals surface area contributed by atoms with Gasteiger partial charge in [-0.1, -0.05) is 19.1 Å². The molecule has 2 N–H and O–H groups in total. The molecule has 1 aliphatic rings. The van der Waals surface area contributed by atoms with Gasteiger partial charge in [-0.3, -0.25) is 4.72 Å². The highest BCUT2D eigenvalue weighted by atomic mass is 32.2. The lowest BCUT2D eigenvalue weighted by Crippen LogP contribution is -2.35. The second-order valence-corrected chi connectivity index (χ2v) is 7.91. The second kappa shape index (κ2) is 7.27. The van der Waals surface area contributed by atoms with Crippen LogP contribution in [0, 0.1) is 0 Å². The van der Waals surface area contributed by atoms with E-state index in [1.807, 2.05) is 12.1 Å². The standard InChI is InChI=1S/C16H26N2O2S/c1-3-11-17-12-13(2)21(19,20)18-16-10-6-8-14-7-4-5-9-15(14)16/h6,8,10,13,17-18H,3-5,7,9,11-12H2,1-2H3. The van der Waals surface area contributed by atoms with E-state index in [0.717, 1.165) is 37.9 Å². The highest BCUT2D eigenvalue weighted by Crippen LogP contribution is 2.28. The number of aryl methyl sites for hydroxylation is 1. The van der Waals surface area contributed by atoms with Gasteiger partial charge < -0.3 is 5.32 Å². The molecule has 21 heavy (non-hydrogen) atoms. The van der Waals surface area contributed by atoms with Crippen molar-refractivity contribution in [3.05, 3.63) is 29.3 Å². The molecule has 0 heterocycles. The SMILES string of the molecule is CCCNCC(C)S(=O)(=O)Nc1cccc2c1CCCC2. The molecular formula is C16H26N2O2S. The number of benzene rings is 1. The van der Waals surface area contributed by atoms with E-state index in [1.165, 1.54) is 17.5 Å².